The third kappa shape index (κ3) is 6.94. The van der Waals surface area contributed by atoms with Crippen LogP contribution in [0.3, 0.4) is 0 Å². The summed E-state index contributed by atoms with van der Waals surface area (Å²) >= 11 is 0.360. The van der Waals surface area contributed by atoms with Gasteiger partial charge in [-0.25, -0.2) is 10.2 Å². The van der Waals surface area contributed by atoms with Crippen LogP contribution in [-0.4, -0.2) is 31.8 Å². The second-order valence-corrected chi connectivity index (χ2v) is 1.61. The van der Waals surface area contributed by atoms with Crippen molar-refractivity contribution in [2.24, 2.45) is 5.10 Å². The maximum absolute atomic E-state index is 10.6. The molecule has 0 aromatic heterocycles. The molecule has 6 nitrogen and oxygen atoms in total. The molecule has 0 heterocycles. The molecule has 0 radical (unpaired) electrons. The molecule has 11 heavy (non-hydrogen) atoms. The minimum absolute atomic E-state index is 0.129. The van der Waals surface area contributed by atoms with Crippen LogP contribution < -0.4 is 10.7 Å². The van der Waals surface area contributed by atoms with Gasteiger partial charge in [0.15, 0.2) is 0 Å². The summed E-state index contributed by atoms with van der Waals surface area (Å²) < 4.78 is 10.7. The maximum atomic E-state index is 10.6. The fourth-order valence-corrected chi connectivity index (χ4v) is 0.358. The van der Waals surface area contributed by atoms with Crippen molar-refractivity contribution in [2.45, 2.75) is 0 Å². The van der Waals surface area contributed by atoms with Crippen molar-refractivity contribution in [1.82, 2.24) is 10.7 Å². The summed E-state index contributed by atoms with van der Waals surface area (Å²) in [4.78, 5) is 10.6. The van der Waals surface area contributed by atoms with E-state index in [0.717, 1.165) is 6.40 Å². The Morgan fingerprint density at radius 2 is 2.82 bits per heavy atom. The lowest BCUT2D eigenvalue weighted by Gasteiger charge is -1.99. The summed E-state index contributed by atoms with van der Waals surface area (Å²) in [5.41, 5.74) is 2.04. The van der Waals surface area contributed by atoms with Crippen molar-refractivity contribution in [3.05, 3.63) is 0 Å². The molecular formula is C4H9N3O3S. The Hall–Kier alpha value is -0.950. The van der Waals surface area contributed by atoms with E-state index in [1.165, 1.54) is 0 Å². The van der Waals surface area contributed by atoms with E-state index in [4.69, 9.17) is 6.23 Å². The highest BCUT2D eigenvalue weighted by Gasteiger charge is 1.93. The third-order valence-electron chi connectivity index (χ3n) is 0.659. The topological polar surface area (TPSA) is 83.0 Å². The second kappa shape index (κ2) is 7.16. The largest absolute Gasteiger partial charge is 0.415 e. The summed E-state index contributed by atoms with van der Waals surface area (Å²) in [6.07, 6.45) is 0.913. The molecule has 0 aliphatic rings. The molecule has 64 valence electrons. The van der Waals surface area contributed by atoms with Gasteiger partial charge in [-0.1, -0.05) is 0 Å². The molecule has 0 fully saturated rings. The first kappa shape index (κ1) is 8.15. The van der Waals surface area contributed by atoms with Crippen molar-refractivity contribution >= 4 is 25.2 Å². The number of carbonyl (C=O) groups excluding carboxylic acids is 1. The van der Waals surface area contributed by atoms with E-state index in [1.807, 2.05) is 5.43 Å². The number of urea groups is 1. The Balaban J connectivity index is 3.30. The van der Waals surface area contributed by atoms with Crippen LogP contribution in [0.5, 0.6) is 0 Å². The number of thiol groups is 1. The van der Waals surface area contributed by atoms with Gasteiger partial charge in [0, 0.05) is 19.4 Å². The normalized spacial score (nSPS) is 10.8. The SMILES string of the molecule is [3H]SOC=NNC(=O)NCCO. The van der Waals surface area contributed by atoms with Gasteiger partial charge >= 0.3 is 6.03 Å². The van der Waals surface area contributed by atoms with E-state index in [9.17, 15) is 4.79 Å². The first-order valence-electron chi connectivity index (χ1n) is 3.17. The predicted octanol–water partition coefficient (Wildman–Crippen LogP) is -0.917. The highest BCUT2D eigenvalue weighted by molar-refractivity contribution is 7.75. The number of aliphatic hydroxyl groups excluding tert-OH is 1. The van der Waals surface area contributed by atoms with E-state index < -0.39 is 6.03 Å². The minimum Gasteiger partial charge on any atom is -0.415 e. The highest BCUT2D eigenvalue weighted by Crippen LogP contribution is 1.69. The van der Waals surface area contributed by atoms with Crippen LogP contribution in [0.2, 0.25) is 0 Å². The van der Waals surface area contributed by atoms with Gasteiger partial charge in [-0.2, -0.15) is 0 Å². The van der Waals surface area contributed by atoms with E-state index in [-0.39, 0.29) is 13.2 Å². The molecule has 0 saturated heterocycles. The van der Waals surface area contributed by atoms with E-state index >= 15 is 0 Å². The summed E-state index contributed by atoms with van der Waals surface area (Å²) in [5, 5.41) is 13.9. The third-order valence-corrected chi connectivity index (χ3v) is 0.745. The lowest BCUT2D eigenvalue weighted by Crippen LogP contribution is -2.34. The summed E-state index contributed by atoms with van der Waals surface area (Å²) in [6.45, 7) is 0.0333. The molecule has 0 bridgehead atoms. The van der Waals surface area contributed by atoms with Gasteiger partial charge in [0.25, 0.3) is 0 Å². The molecule has 0 saturated carbocycles. The van der Waals surface area contributed by atoms with Crippen molar-refractivity contribution in [3.8, 4) is 0 Å². The molecule has 0 aromatic carbocycles. The van der Waals surface area contributed by atoms with Crippen LogP contribution in [0.25, 0.3) is 0 Å². The fourth-order valence-electron chi connectivity index (χ4n) is 0.315. The van der Waals surface area contributed by atoms with Crippen molar-refractivity contribution in [1.29, 1.82) is 1.12 Å². The average Bonchev–Trinajstić information content (AvgIpc) is 2.09. The zero-order valence-corrected chi connectivity index (χ0v) is 6.43. The Morgan fingerprint density at radius 1 is 2.00 bits per heavy atom. The number of aliphatic hydroxyl groups is 1. The number of amides is 2. The summed E-state index contributed by atoms with van der Waals surface area (Å²) in [7, 11) is 0. The Bertz CT molecular complexity index is 156. The highest BCUT2D eigenvalue weighted by atomic mass is 32.1. The second-order valence-electron chi connectivity index (χ2n) is 1.42. The number of hydrogen-bond acceptors (Lipinski definition) is 5. The zero-order valence-electron chi connectivity index (χ0n) is 6.61. The minimum atomic E-state index is -0.543. The van der Waals surface area contributed by atoms with Crippen LogP contribution >= 0.6 is 12.8 Å². The maximum Gasteiger partial charge on any atom is 0.335 e. The molecule has 0 atom stereocenters. The molecule has 7 heteroatoms. The molecule has 0 aliphatic carbocycles. The van der Waals surface area contributed by atoms with Crippen LogP contribution in [0, 0.1) is 0 Å². The molecule has 0 unspecified atom stereocenters. The van der Waals surface area contributed by atoms with Gasteiger partial charge < -0.3 is 14.6 Å². The van der Waals surface area contributed by atoms with E-state index in [1.54, 1.807) is 0 Å². The van der Waals surface area contributed by atoms with Gasteiger partial charge in [0.2, 0.25) is 6.40 Å². The number of hydrazone groups is 1. The van der Waals surface area contributed by atoms with Gasteiger partial charge in [0.05, 0.1) is 6.61 Å². The Kier molecular flexibility index (Phi) is 5.30. The number of nitrogens with one attached hydrogen (secondary N) is 2. The van der Waals surface area contributed by atoms with Gasteiger partial charge in [-0.15, -0.1) is 5.10 Å². The van der Waals surface area contributed by atoms with Gasteiger partial charge in [-0.3, -0.25) is 0 Å². The fraction of sp³-hybridized carbons (Fsp3) is 0.500. The first-order valence-corrected chi connectivity index (χ1v) is 3.09. The predicted molar refractivity (Wildman–Crippen MR) is 42.2 cm³/mol. The zero-order chi connectivity index (χ0) is 9.23. The lowest BCUT2D eigenvalue weighted by molar-refractivity contribution is 0.234. The van der Waals surface area contributed by atoms with Crippen molar-refractivity contribution in [3.63, 3.8) is 0 Å². The standard InChI is InChI=1S/C4H9N3O3S/c8-2-1-5-4(9)7-6-3-10-11/h3,8,11H,1-2H2,(H2,5,7,9)/i/hT. The van der Waals surface area contributed by atoms with Crippen molar-refractivity contribution in [2.75, 3.05) is 13.2 Å². The van der Waals surface area contributed by atoms with Crippen LogP contribution in [0.4, 0.5) is 4.79 Å². The number of nitrogens with zero attached hydrogens (tertiary/aromatic N) is 1. The summed E-state index contributed by atoms with van der Waals surface area (Å²) in [6, 6.07) is -0.543. The van der Waals surface area contributed by atoms with Crippen LogP contribution in [-0.2, 0) is 4.18 Å². The molecule has 2 amide bonds. The van der Waals surface area contributed by atoms with Crippen LogP contribution in [0.15, 0.2) is 5.10 Å². The van der Waals surface area contributed by atoms with Crippen molar-refractivity contribution < 1.29 is 14.1 Å². The monoisotopic (exact) mass is 181 g/mol. The van der Waals surface area contributed by atoms with Gasteiger partial charge in [0.1, 0.15) is 1.12 Å². The van der Waals surface area contributed by atoms with Gasteiger partial charge in [-0.05, 0) is 0 Å². The smallest absolute Gasteiger partial charge is 0.335 e. The van der Waals surface area contributed by atoms with Crippen LogP contribution in [0.1, 0.15) is 0 Å². The Morgan fingerprint density at radius 3 is 3.45 bits per heavy atom. The number of carbonyl (C=O) groups is 1. The average molecular weight is 181 g/mol. The lowest BCUT2D eigenvalue weighted by atomic mass is 10.7. The molecule has 0 aromatic rings. The molecule has 3 N–H and O–H groups in total. The summed E-state index contributed by atoms with van der Waals surface area (Å²) in [5.74, 6) is 0. The molecule has 0 aliphatic heterocycles. The first-order chi connectivity index (χ1) is 5.81. The number of rotatable bonds is 5. The van der Waals surface area contributed by atoms with E-state index in [0.29, 0.717) is 12.8 Å². The molecular weight excluding hydrogens is 170 g/mol. The Labute approximate surface area is 70.3 Å². The quantitative estimate of drug-likeness (QED) is 0.145. The van der Waals surface area contributed by atoms with E-state index in [2.05, 4.69) is 14.6 Å². The molecule has 0 spiro atoms. The number of hydrogen-bond donors (Lipinski definition) is 4. The molecule has 0 rings (SSSR count).